The van der Waals surface area contributed by atoms with E-state index in [0.717, 1.165) is 16.7 Å². The van der Waals surface area contributed by atoms with Gasteiger partial charge in [0.2, 0.25) is 5.82 Å². The molecule has 0 amide bonds. The molecule has 110 valence electrons. The molecule has 0 fully saturated rings. The number of para-hydroxylation sites is 1. The van der Waals surface area contributed by atoms with Crippen LogP contribution in [0, 0.1) is 20.7 Å². The van der Waals surface area contributed by atoms with E-state index in [1.54, 1.807) is 24.3 Å². The molecule has 0 aliphatic rings. The average molecular weight is 317 g/mol. The second-order valence-corrected chi connectivity index (χ2v) is 4.90. The molecule has 22 heavy (non-hydrogen) atoms. The standard InChI is InChI=1S/C14H8FN3O3S/c15-10-6-5-8(7-12(10)18(20)21)17-13(19)9-3-1-2-4-11(9)16-14(17)22/h1-7H,(H,16,22). The van der Waals surface area contributed by atoms with E-state index in [9.17, 15) is 19.3 Å². The van der Waals surface area contributed by atoms with Gasteiger partial charge in [0.25, 0.3) is 5.56 Å². The normalized spacial score (nSPS) is 10.8. The van der Waals surface area contributed by atoms with Crippen LogP contribution in [0.15, 0.2) is 47.3 Å². The van der Waals surface area contributed by atoms with E-state index in [-0.39, 0.29) is 10.5 Å². The maximum atomic E-state index is 13.4. The van der Waals surface area contributed by atoms with Crippen LogP contribution in [-0.2, 0) is 0 Å². The molecule has 0 saturated carbocycles. The first-order chi connectivity index (χ1) is 10.5. The number of nitro benzene ring substituents is 1. The van der Waals surface area contributed by atoms with Gasteiger partial charge in [-0.2, -0.15) is 4.39 Å². The van der Waals surface area contributed by atoms with Crippen LogP contribution in [0.4, 0.5) is 10.1 Å². The molecule has 3 aromatic rings. The van der Waals surface area contributed by atoms with Crippen molar-refractivity contribution < 1.29 is 9.31 Å². The van der Waals surface area contributed by atoms with Gasteiger partial charge < -0.3 is 4.98 Å². The molecule has 0 atom stereocenters. The Bertz CT molecular complexity index is 1030. The molecule has 2 aromatic carbocycles. The highest BCUT2D eigenvalue weighted by Crippen LogP contribution is 2.21. The van der Waals surface area contributed by atoms with Crippen molar-refractivity contribution in [3.05, 3.63) is 73.5 Å². The maximum absolute atomic E-state index is 13.4. The predicted octanol–water partition coefficient (Wildman–Crippen LogP) is 3.10. The van der Waals surface area contributed by atoms with Crippen molar-refractivity contribution >= 4 is 28.8 Å². The van der Waals surface area contributed by atoms with Crippen LogP contribution < -0.4 is 5.56 Å². The number of rotatable bonds is 2. The summed E-state index contributed by atoms with van der Waals surface area (Å²) in [6, 6.07) is 9.93. The molecule has 1 aromatic heterocycles. The first kappa shape index (κ1) is 14.1. The minimum Gasteiger partial charge on any atom is -0.331 e. The lowest BCUT2D eigenvalue weighted by Crippen LogP contribution is -2.20. The summed E-state index contributed by atoms with van der Waals surface area (Å²) in [5.74, 6) is -0.975. The number of fused-ring (bicyclic) bond motifs is 1. The Morgan fingerprint density at radius 2 is 1.95 bits per heavy atom. The van der Waals surface area contributed by atoms with Gasteiger partial charge in [0.05, 0.1) is 21.5 Å². The molecular formula is C14H8FN3O3S. The van der Waals surface area contributed by atoms with Gasteiger partial charge in [-0.3, -0.25) is 19.5 Å². The fourth-order valence-electron chi connectivity index (χ4n) is 2.18. The highest BCUT2D eigenvalue weighted by molar-refractivity contribution is 7.71. The number of nitrogens with one attached hydrogen (secondary N) is 1. The Morgan fingerprint density at radius 3 is 2.68 bits per heavy atom. The molecule has 1 heterocycles. The average Bonchev–Trinajstić information content (AvgIpc) is 2.48. The molecular weight excluding hydrogens is 309 g/mol. The van der Waals surface area contributed by atoms with Gasteiger partial charge in [0.1, 0.15) is 0 Å². The lowest BCUT2D eigenvalue weighted by molar-refractivity contribution is -0.387. The van der Waals surface area contributed by atoms with Crippen LogP contribution in [0.25, 0.3) is 16.6 Å². The van der Waals surface area contributed by atoms with Crippen LogP contribution in [0.2, 0.25) is 0 Å². The van der Waals surface area contributed by atoms with Gasteiger partial charge in [-0.05, 0) is 36.5 Å². The van der Waals surface area contributed by atoms with Gasteiger partial charge >= 0.3 is 5.69 Å². The summed E-state index contributed by atoms with van der Waals surface area (Å²) in [5, 5.41) is 11.2. The van der Waals surface area contributed by atoms with E-state index in [2.05, 4.69) is 4.98 Å². The summed E-state index contributed by atoms with van der Waals surface area (Å²) in [6.45, 7) is 0. The molecule has 0 radical (unpaired) electrons. The lowest BCUT2D eigenvalue weighted by atomic mass is 10.2. The number of hydrogen-bond acceptors (Lipinski definition) is 4. The zero-order valence-corrected chi connectivity index (χ0v) is 11.8. The third kappa shape index (κ3) is 2.19. The lowest BCUT2D eigenvalue weighted by Gasteiger charge is -2.08. The molecule has 1 N–H and O–H groups in total. The second-order valence-electron chi connectivity index (χ2n) is 4.51. The van der Waals surface area contributed by atoms with Crippen LogP contribution in [-0.4, -0.2) is 14.5 Å². The summed E-state index contributed by atoms with van der Waals surface area (Å²) in [4.78, 5) is 25.4. The number of H-pyrrole nitrogens is 1. The third-order valence-corrected chi connectivity index (χ3v) is 3.47. The first-order valence-corrected chi connectivity index (χ1v) is 6.58. The fraction of sp³-hybridized carbons (Fsp3) is 0. The zero-order chi connectivity index (χ0) is 15.9. The monoisotopic (exact) mass is 317 g/mol. The number of aromatic amines is 1. The van der Waals surface area contributed by atoms with Crippen LogP contribution in [0.5, 0.6) is 0 Å². The van der Waals surface area contributed by atoms with Crippen molar-refractivity contribution in [3.8, 4) is 5.69 Å². The number of nitro groups is 1. The Morgan fingerprint density at radius 1 is 1.23 bits per heavy atom. The van der Waals surface area contributed by atoms with E-state index >= 15 is 0 Å². The Balaban J connectivity index is 2.36. The molecule has 0 aliphatic carbocycles. The van der Waals surface area contributed by atoms with Crippen molar-refractivity contribution in [3.63, 3.8) is 0 Å². The third-order valence-electron chi connectivity index (χ3n) is 3.19. The summed E-state index contributed by atoms with van der Waals surface area (Å²) in [6.07, 6.45) is 0. The molecule has 0 aliphatic heterocycles. The zero-order valence-electron chi connectivity index (χ0n) is 10.9. The van der Waals surface area contributed by atoms with E-state index in [4.69, 9.17) is 12.2 Å². The van der Waals surface area contributed by atoms with Gasteiger partial charge in [-0.15, -0.1) is 0 Å². The minimum atomic E-state index is -0.975. The molecule has 6 nitrogen and oxygen atoms in total. The fourth-order valence-corrected chi connectivity index (χ4v) is 2.48. The van der Waals surface area contributed by atoms with Crippen molar-refractivity contribution in [1.82, 2.24) is 9.55 Å². The molecule has 0 bridgehead atoms. The summed E-state index contributed by atoms with van der Waals surface area (Å²) in [7, 11) is 0. The Kier molecular flexibility index (Phi) is 3.30. The van der Waals surface area contributed by atoms with Gasteiger partial charge in [0.15, 0.2) is 4.77 Å². The molecule has 0 saturated heterocycles. The van der Waals surface area contributed by atoms with Gasteiger partial charge in [0, 0.05) is 6.07 Å². The van der Waals surface area contributed by atoms with Crippen LogP contribution in [0.1, 0.15) is 0 Å². The van der Waals surface area contributed by atoms with Gasteiger partial charge in [-0.25, -0.2) is 0 Å². The number of nitrogens with zero attached hydrogens (tertiary/aromatic N) is 2. The van der Waals surface area contributed by atoms with E-state index in [0.29, 0.717) is 10.9 Å². The first-order valence-electron chi connectivity index (χ1n) is 6.17. The second kappa shape index (κ2) is 5.15. The largest absolute Gasteiger partial charge is 0.331 e. The molecule has 0 unspecified atom stereocenters. The summed E-state index contributed by atoms with van der Waals surface area (Å²) in [5.41, 5.74) is -0.456. The van der Waals surface area contributed by atoms with Crippen LogP contribution >= 0.6 is 12.2 Å². The highest BCUT2D eigenvalue weighted by atomic mass is 32.1. The molecule has 0 spiro atoms. The topological polar surface area (TPSA) is 80.9 Å². The molecule has 8 heteroatoms. The quantitative estimate of drug-likeness (QED) is 0.447. The van der Waals surface area contributed by atoms with Crippen molar-refractivity contribution in [2.24, 2.45) is 0 Å². The van der Waals surface area contributed by atoms with Crippen molar-refractivity contribution in [1.29, 1.82) is 0 Å². The van der Waals surface area contributed by atoms with E-state index in [1.165, 1.54) is 6.07 Å². The minimum absolute atomic E-state index is 0.0737. The number of hydrogen-bond donors (Lipinski definition) is 1. The SMILES string of the molecule is O=c1c2ccccc2[nH]c(=S)n1-c1ccc(F)c([N+](=O)[O-])c1. The summed E-state index contributed by atoms with van der Waals surface area (Å²) < 4.78 is 14.6. The van der Waals surface area contributed by atoms with Crippen molar-refractivity contribution in [2.75, 3.05) is 0 Å². The highest BCUT2D eigenvalue weighted by Gasteiger charge is 2.16. The van der Waals surface area contributed by atoms with Crippen LogP contribution in [0.3, 0.4) is 0 Å². The van der Waals surface area contributed by atoms with E-state index < -0.39 is 22.0 Å². The van der Waals surface area contributed by atoms with Gasteiger partial charge in [-0.1, -0.05) is 12.1 Å². The number of benzene rings is 2. The smallest absolute Gasteiger partial charge is 0.306 e. The predicted molar refractivity (Wildman–Crippen MR) is 81.3 cm³/mol. The van der Waals surface area contributed by atoms with Crippen molar-refractivity contribution in [2.45, 2.75) is 0 Å². The van der Waals surface area contributed by atoms with E-state index in [1.807, 2.05) is 0 Å². The Labute approximate surface area is 127 Å². The molecule has 3 rings (SSSR count). The Hall–Kier alpha value is -2.87. The summed E-state index contributed by atoms with van der Waals surface area (Å²) >= 11 is 5.13. The number of aromatic nitrogens is 2. The maximum Gasteiger partial charge on any atom is 0.306 e. The number of halogens is 1.